The van der Waals surface area contributed by atoms with Gasteiger partial charge in [0.15, 0.2) is 9.84 Å². The van der Waals surface area contributed by atoms with Gasteiger partial charge < -0.3 is 14.8 Å². The third-order valence-electron chi connectivity index (χ3n) is 2.41. The van der Waals surface area contributed by atoms with E-state index in [1.807, 2.05) is 6.92 Å². The Labute approximate surface area is 114 Å². The van der Waals surface area contributed by atoms with Crippen LogP contribution in [0.4, 0.5) is 0 Å². The van der Waals surface area contributed by atoms with Gasteiger partial charge in [0, 0.05) is 26.0 Å². The lowest BCUT2D eigenvalue weighted by molar-refractivity contribution is 0.148. The van der Waals surface area contributed by atoms with E-state index in [0.29, 0.717) is 25.5 Å². The van der Waals surface area contributed by atoms with Gasteiger partial charge in [-0.2, -0.15) is 0 Å². The van der Waals surface area contributed by atoms with Crippen molar-refractivity contribution in [2.24, 2.45) is 0 Å². The highest BCUT2D eigenvalue weighted by atomic mass is 32.2. The summed E-state index contributed by atoms with van der Waals surface area (Å²) in [5.41, 5.74) is 0. The molecule has 1 aromatic rings. The molecular weight excluding hydrogens is 266 g/mol. The molecule has 0 heterocycles. The zero-order valence-electron chi connectivity index (χ0n) is 11.4. The van der Waals surface area contributed by atoms with Gasteiger partial charge in [-0.3, -0.25) is 0 Å². The van der Waals surface area contributed by atoms with Crippen LogP contribution in [-0.2, 0) is 14.6 Å². The van der Waals surface area contributed by atoms with Crippen molar-refractivity contribution < 1.29 is 17.9 Å². The van der Waals surface area contributed by atoms with E-state index in [1.165, 1.54) is 12.3 Å². The van der Waals surface area contributed by atoms with Crippen LogP contribution >= 0.6 is 0 Å². The zero-order valence-corrected chi connectivity index (χ0v) is 12.2. The summed E-state index contributed by atoms with van der Waals surface area (Å²) in [6.45, 7) is 5.31. The van der Waals surface area contributed by atoms with Crippen LogP contribution < -0.4 is 10.1 Å². The van der Waals surface area contributed by atoms with Crippen LogP contribution in [0.25, 0.3) is 0 Å². The predicted octanol–water partition coefficient (Wildman–Crippen LogP) is 1.09. The number of hydrogen-bond donors (Lipinski definition) is 1. The summed E-state index contributed by atoms with van der Waals surface area (Å²) in [6.07, 6.45) is 1.18. The molecule has 19 heavy (non-hydrogen) atoms. The summed E-state index contributed by atoms with van der Waals surface area (Å²) in [5, 5.41) is 3.17. The Hall–Kier alpha value is -1.11. The van der Waals surface area contributed by atoms with Crippen molar-refractivity contribution in [3.05, 3.63) is 24.3 Å². The first-order valence-electron chi connectivity index (χ1n) is 6.25. The van der Waals surface area contributed by atoms with E-state index in [0.717, 1.165) is 13.2 Å². The Morgan fingerprint density at radius 2 is 1.95 bits per heavy atom. The Morgan fingerprint density at radius 3 is 2.63 bits per heavy atom. The van der Waals surface area contributed by atoms with E-state index in [4.69, 9.17) is 9.47 Å². The minimum Gasteiger partial charge on any atom is -0.492 e. The second kappa shape index (κ2) is 8.14. The molecule has 0 saturated carbocycles. The Balaban J connectivity index is 2.30. The van der Waals surface area contributed by atoms with Gasteiger partial charge in [-0.15, -0.1) is 0 Å². The molecule has 0 amide bonds. The lowest BCUT2D eigenvalue weighted by Gasteiger charge is -2.08. The van der Waals surface area contributed by atoms with Crippen LogP contribution in [0.5, 0.6) is 5.75 Å². The summed E-state index contributed by atoms with van der Waals surface area (Å²) in [4.78, 5) is 0.273. The fourth-order valence-corrected chi connectivity index (χ4v) is 2.11. The van der Waals surface area contributed by atoms with Crippen LogP contribution in [-0.4, -0.2) is 47.6 Å². The molecule has 0 fully saturated rings. The number of sulfone groups is 1. The second-order valence-electron chi connectivity index (χ2n) is 4.04. The molecule has 1 aromatic carbocycles. The molecule has 0 unspecified atom stereocenters. The molecule has 0 aliphatic heterocycles. The molecule has 6 heteroatoms. The van der Waals surface area contributed by atoms with E-state index < -0.39 is 9.84 Å². The molecule has 5 nitrogen and oxygen atoms in total. The normalized spacial score (nSPS) is 11.5. The van der Waals surface area contributed by atoms with Gasteiger partial charge in [0.2, 0.25) is 0 Å². The number of ether oxygens (including phenoxy) is 2. The molecule has 0 aliphatic carbocycles. The molecule has 0 aliphatic rings. The molecular formula is C13H21NO4S. The molecule has 0 aromatic heterocycles. The number of nitrogens with one attached hydrogen (secondary N) is 1. The van der Waals surface area contributed by atoms with Crippen LogP contribution in [0.3, 0.4) is 0 Å². The topological polar surface area (TPSA) is 64.6 Å². The van der Waals surface area contributed by atoms with E-state index in [2.05, 4.69) is 5.32 Å². The molecule has 0 radical (unpaired) electrons. The van der Waals surface area contributed by atoms with Gasteiger partial charge in [0.25, 0.3) is 0 Å². The number of hydrogen-bond acceptors (Lipinski definition) is 5. The van der Waals surface area contributed by atoms with E-state index >= 15 is 0 Å². The first kappa shape index (κ1) is 15.9. The van der Waals surface area contributed by atoms with Crippen molar-refractivity contribution in [1.82, 2.24) is 5.32 Å². The van der Waals surface area contributed by atoms with Crippen molar-refractivity contribution in [2.75, 3.05) is 39.2 Å². The summed E-state index contributed by atoms with van der Waals surface area (Å²) in [7, 11) is -3.18. The highest BCUT2D eigenvalue weighted by Gasteiger charge is 2.07. The van der Waals surface area contributed by atoms with Crippen molar-refractivity contribution in [2.45, 2.75) is 11.8 Å². The molecule has 108 valence electrons. The Kier molecular flexibility index (Phi) is 6.83. The van der Waals surface area contributed by atoms with Gasteiger partial charge in [0.1, 0.15) is 12.4 Å². The van der Waals surface area contributed by atoms with Gasteiger partial charge in [-0.1, -0.05) is 6.07 Å². The van der Waals surface area contributed by atoms with Crippen molar-refractivity contribution in [1.29, 1.82) is 0 Å². The smallest absolute Gasteiger partial charge is 0.175 e. The highest BCUT2D eigenvalue weighted by Crippen LogP contribution is 2.16. The third kappa shape index (κ3) is 6.56. The SMILES string of the molecule is CCOCCNCCOc1cccc(S(C)(=O)=O)c1. The van der Waals surface area contributed by atoms with Gasteiger partial charge >= 0.3 is 0 Å². The summed E-state index contributed by atoms with van der Waals surface area (Å²) >= 11 is 0. The van der Waals surface area contributed by atoms with Gasteiger partial charge in [-0.25, -0.2) is 8.42 Å². The van der Waals surface area contributed by atoms with Crippen molar-refractivity contribution in [3.8, 4) is 5.75 Å². The van der Waals surface area contributed by atoms with E-state index in [-0.39, 0.29) is 4.90 Å². The third-order valence-corrected chi connectivity index (χ3v) is 3.52. The fraction of sp³-hybridized carbons (Fsp3) is 0.538. The largest absolute Gasteiger partial charge is 0.492 e. The first-order valence-corrected chi connectivity index (χ1v) is 8.14. The quantitative estimate of drug-likeness (QED) is 0.689. The van der Waals surface area contributed by atoms with Crippen LogP contribution in [0.15, 0.2) is 29.2 Å². The maximum atomic E-state index is 11.4. The van der Waals surface area contributed by atoms with Crippen molar-refractivity contribution in [3.63, 3.8) is 0 Å². The van der Waals surface area contributed by atoms with Gasteiger partial charge in [-0.05, 0) is 25.1 Å². The average molecular weight is 287 g/mol. The summed E-state index contributed by atoms with van der Waals surface area (Å²) < 4.78 is 33.4. The van der Waals surface area contributed by atoms with E-state index in [9.17, 15) is 8.42 Å². The zero-order chi connectivity index (χ0) is 14.1. The van der Waals surface area contributed by atoms with Crippen molar-refractivity contribution >= 4 is 9.84 Å². The standard InChI is InChI=1S/C13H21NO4S/c1-3-17-9-7-14-8-10-18-12-5-4-6-13(11-12)19(2,15)16/h4-6,11,14H,3,7-10H2,1-2H3. The van der Waals surface area contributed by atoms with E-state index in [1.54, 1.807) is 18.2 Å². The summed E-state index contributed by atoms with van der Waals surface area (Å²) in [5.74, 6) is 0.564. The molecule has 0 bridgehead atoms. The van der Waals surface area contributed by atoms with Crippen LogP contribution in [0.1, 0.15) is 6.92 Å². The van der Waals surface area contributed by atoms with Crippen LogP contribution in [0.2, 0.25) is 0 Å². The Morgan fingerprint density at radius 1 is 1.21 bits per heavy atom. The lowest BCUT2D eigenvalue weighted by atomic mass is 10.3. The monoisotopic (exact) mass is 287 g/mol. The fourth-order valence-electron chi connectivity index (χ4n) is 1.45. The average Bonchev–Trinajstić information content (AvgIpc) is 2.37. The minimum absolute atomic E-state index is 0.273. The predicted molar refractivity (Wildman–Crippen MR) is 74.4 cm³/mol. The number of rotatable bonds is 9. The van der Waals surface area contributed by atoms with Gasteiger partial charge in [0.05, 0.1) is 11.5 Å². The summed E-state index contributed by atoms with van der Waals surface area (Å²) in [6, 6.07) is 6.52. The van der Waals surface area contributed by atoms with Crippen LogP contribution in [0, 0.1) is 0 Å². The molecule has 0 atom stereocenters. The lowest BCUT2D eigenvalue weighted by Crippen LogP contribution is -2.25. The molecule has 1 rings (SSSR count). The maximum Gasteiger partial charge on any atom is 0.175 e. The maximum absolute atomic E-state index is 11.4. The second-order valence-corrected chi connectivity index (χ2v) is 6.06. The molecule has 0 spiro atoms. The molecule has 1 N–H and O–H groups in total. The Bertz CT molecular complexity index is 473. The minimum atomic E-state index is -3.18. The number of benzene rings is 1. The first-order chi connectivity index (χ1) is 9.04. The highest BCUT2D eigenvalue weighted by molar-refractivity contribution is 7.90. The molecule has 0 saturated heterocycles.